The zero-order chi connectivity index (χ0) is 31.3. The van der Waals surface area contributed by atoms with Crippen molar-refractivity contribution in [1.82, 2.24) is 4.90 Å². The van der Waals surface area contributed by atoms with Gasteiger partial charge in [-0.1, -0.05) is 38.1 Å². The maximum Gasteiger partial charge on any atom is 0.339 e. The van der Waals surface area contributed by atoms with Crippen LogP contribution in [0.3, 0.4) is 0 Å². The van der Waals surface area contributed by atoms with Gasteiger partial charge < -0.3 is 19.0 Å². The van der Waals surface area contributed by atoms with Gasteiger partial charge in [0.2, 0.25) is 5.91 Å². The predicted molar refractivity (Wildman–Crippen MR) is 165 cm³/mol. The molecular weight excluding hydrogens is 592 g/mol. The minimum atomic E-state index is -4.34. The molecule has 0 aromatic heterocycles. The van der Waals surface area contributed by atoms with E-state index in [9.17, 15) is 22.8 Å². The Balaban J connectivity index is 1.54. The number of para-hydroxylation sites is 1. The van der Waals surface area contributed by atoms with Gasteiger partial charge in [0.1, 0.15) is 17.3 Å². The van der Waals surface area contributed by atoms with Crippen LogP contribution in [0.15, 0.2) is 70.5 Å². The summed E-state index contributed by atoms with van der Waals surface area (Å²) in [7, 11) is -2.99. The summed E-state index contributed by atoms with van der Waals surface area (Å²) in [6.07, 6.45) is 1.40. The molecule has 0 spiro atoms. The molecule has 10 nitrogen and oxygen atoms in total. The molecule has 1 N–H and O–H groups in total. The SMILES string of the molecule is COc1cccc(/C=C2\SC(=O)N(CCOc3cc(C)ccc3C(C)C)C2=O)c1OS(=O)(=O)c1ccc(NC(C)=O)cc1. The van der Waals surface area contributed by atoms with Crippen LogP contribution in [0.5, 0.6) is 17.2 Å². The van der Waals surface area contributed by atoms with Gasteiger partial charge in [-0.3, -0.25) is 19.3 Å². The first-order valence-electron chi connectivity index (χ1n) is 13.4. The van der Waals surface area contributed by atoms with Crippen LogP contribution >= 0.6 is 11.8 Å². The van der Waals surface area contributed by atoms with Crippen LogP contribution < -0.4 is 19.0 Å². The summed E-state index contributed by atoms with van der Waals surface area (Å²) in [6.45, 7) is 7.57. The zero-order valence-corrected chi connectivity index (χ0v) is 26.0. The second kappa shape index (κ2) is 13.3. The Hall–Kier alpha value is -4.29. The molecule has 3 aromatic carbocycles. The fourth-order valence-corrected chi connectivity index (χ4v) is 6.11. The van der Waals surface area contributed by atoms with Crippen molar-refractivity contribution in [2.24, 2.45) is 0 Å². The standard InChI is InChI=1S/C31H32N2O8S2/c1-19(2)25-14-9-20(3)17-27(25)40-16-15-33-30(35)28(42-31(33)36)18-22-7-6-8-26(39-5)29(22)41-43(37,38)24-12-10-23(11-13-24)32-21(4)34/h6-14,17-19H,15-16H2,1-5H3,(H,32,34)/b28-18-. The highest BCUT2D eigenvalue weighted by Crippen LogP contribution is 2.39. The van der Waals surface area contributed by atoms with E-state index in [1.165, 1.54) is 50.4 Å². The largest absolute Gasteiger partial charge is 0.493 e. The van der Waals surface area contributed by atoms with Gasteiger partial charge in [0.05, 0.1) is 18.6 Å². The molecule has 4 rings (SSSR count). The third-order valence-electron chi connectivity index (χ3n) is 6.41. The summed E-state index contributed by atoms with van der Waals surface area (Å²) in [5, 5.41) is 2.10. The summed E-state index contributed by atoms with van der Waals surface area (Å²) >= 11 is 0.739. The lowest BCUT2D eigenvalue weighted by atomic mass is 10.0. The highest BCUT2D eigenvalue weighted by atomic mass is 32.2. The number of benzene rings is 3. The molecule has 3 aromatic rings. The van der Waals surface area contributed by atoms with Crippen LogP contribution in [0.1, 0.15) is 43.4 Å². The van der Waals surface area contributed by atoms with E-state index in [2.05, 4.69) is 19.2 Å². The number of hydrogen-bond acceptors (Lipinski definition) is 9. The molecular formula is C31H32N2O8S2. The predicted octanol–water partition coefficient (Wildman–Crippen LogP) is 5.97. The number of hydrogen-bond donors (Lipinski definition) is 1. The third kappa shape index (κ3) is 7.57. The zero-order valence-electron chi connectivity index (χ0n) is 24.4. The van der Waals surface area contributed by atoms with E-state index in [0.717, 1.165) is 27.8 Å². The number of nitrogens with one attached hydrogen (secondary N) is 1. The number of methoxy groups -OCH3 is 1. The number of thioether (sulfide) groups is 1. The van der Waals surface area contributed by atoms with Crippen LogP contribution in [-0.4, -0.2) is 50.6 Å². The smallest absolute Gasteiger partial charge is 0.339 e. The summed E-state index contributed by atoms with van der Waals surface area (Å²) in [5.74, 6) is 0.0837. The number of carbonyl (C=O) groups excluding carboxylic acids is 3. The Morgan fingerprint density at radius 3 is 2.42 bits per heavy atom. The topological polar surface area (TPSA) is 128 Å². The number of imide groups is 1. The Bertz CT molecular complexity index is 1680. The number of nitrogens with zero attached hydrogens (tertiary/aromatic N) is 1. The van der Waals surface area contributed by atoms with Gasteiger partial charge in [0.25, 0.3) is 11.1 Å². The van der Waals surface area contributed by atoms with Crippen molar-refractivity contribution >= 4 is 50.7 Å². The third-order valence-corrected chi connectivity index (χ3v) is 8.55. The molecule has 0 aliphatic carbocycles. The molecule has 3 amide bonds. The van der Waals surface area contributed by atoms with Gasteiger partial charge in [-0.15, -0.1) is 0 Å². The molecule has 0 radical (unpaired) electrons. The van der Waals surface area contributed by atoms with Gasteiger partial charge in [0.15, 0.2) is 11.5 Å². The summed E-state index contributed by atoms with van der Waals surface area (Å²) < 4.78 is 43.1. The van der Waals surface area contributed by atoms with Crippen LogP contribution in [0.4, 0.5) is 10.5 Å². The van der Waals surface area contributed by atoms with E-state index >= 15 is 0 Å². The fraction of sp³-hybridized carbons (Fsp3) is 0.258. The maximum atomic E-state index is 13.2. The van der Waals surface area contributed by atoms with Crippen LogP contribution in [-0.2, 0) is 19.7 Å². The number of ether oxygens (including phenoxy) is 2. The maximum absolute atomic E-state index is 13.2. The molecule has 226 valence electrons. The van der Waals surface area contributed by atoms with E-state index in [0.29, 0.717) is 11.4 Å². The van der Waals surface area contributed by atoms with Gasteiger partial charge in [-0.2, -0.15) is 8.42 Å². The Morgan fingerprint density at radius 2 is 1.77 bits per heavy atom. The van der Waals surface area contributed by atoms with Crippen LogP contribution in [0.25, 0.3) is 6.08 Å². The average molecular weight is 625 g/mol. The molecule has 0 bridgehead atoms. The van der Waals surface area contributed by atoms with E-state index in [1.54, 1.807) is 12.1 Å². The van der Waals surface area contributed by atoms with Crippen molar-refractivity contribution in [3.8, 4) is 17.2 Å². The van der Waals surface area contributed by atoms with E-state index < -0.39 is 21.3 Å². The van der Waals surface area contributed by atoms with Gasteiger partial charge in [-0.05, 0) is 78.2 Å². The Morgan fingerprint density at radius 1 is 1.05 bits per heavy atom. The summed E-state index contributed by atoms with van der Waals surface area (Å²) in [6, 6.07) is 16.1. The lowest BCUT2D eigenvalue weighted by Gasteiger charge is -2.17. The van der Waals surface area contributed by atoms with Gasteiger partial charge >= 0.3 is 10.1 Å². The summed E-state index contributed by atoms with van der Waals surface area (Å²) in [5.41, 5.74) is 2.71. The molecule has 0 atom stereocenters. The molecule has 0 unspecified atom stereocenters. The number of rotatable bonds is 11. The van der Waals surface area contributed by atoms with Crippen molar-refractivity contribution in [3.05, 3.63) is 82.3 Å². The second-order valence-electron chi connectivity index (χ2n) is 10.00. The van der Waals surface area contributed by atoms with Crippen molar-refractivity contribution in [1.29, 1.82) is 0 Å². The van der Waals surface area contributed by atoms with Crippen molar-refractivity contribution in [2.75, 3.05) is 25.6 Å². The highest BCUT2D eigenvalue weighted by molar-refractivity contribution is 8.18. The lowest BCUT2D eigenvalue weighted by Crippen LogP contribution is -2.32. The minimum Gasteiger partial charge on any atom is -0.493 e. The number of anilines is 1. The van der Waals surface area contributed by atoms with Crippen LogP contribution in [0.2, 0.25) is 0 Å². The average Bonchev–Trinajstić information content (AvgIpc) is 3.21. The van der Waals surface area contributed by atoms with E-state index in [4.69, 9.17) is 13.7 Å². The lowest BCUT2D eigenvalue weighted by molar-refractivity contribution is -0.123. The fourth-order valence-electron chi connectivity index (χ4n) is 4.29. The summed E-state index contributed by atoms with van der Waals surface area (Å²) in [4.78, 5) is 38.3. The number of aryl methyl sites for hydroxylation is 1. The molecule has 12 heteroatoms. The van der Waals surface area contributed by atoms with Gasteiger partial charge in [-0.25, -0.2) is 0 Å². The first-order valence-corrected chi connectivity index (χ1v) is 15.6. The van der Waals surface area contributed by atoms with E-state index in [1.807, 2.05) is 25.1 Å². The normalized spacial score (nSPS) is 14.4. The Labute approximate surface area is 255 Å². The van der Waals surface area contributed by atoms with Crippen LogP contribution in [0, 0.1) is 6.92 Å². The van der Waals surface area contributed by atoms with E-state index in [-0.39, 0.29) is 51.8 Å². The molecule has 1 fully saturated rings. The first kappa shape index (κ1) is 31.6. The second-order valence-corrected chi connectivity index (χ2v) is 12.5. The molecule has 0 saturated carbocycles. The molecule has 43 heavy (non-hydrogen) atoms. The first-order chi connectivity index (χ1) is 20.4. The van der Waals surface area contributed by atoms with Gasteiger partial charge in [0, 0.05) is 18.2 Å². The van der Waals surface area contributed by atoms with Crippen molar-refractivity contribution in [3.63, 3.8) is 0 Å². The monoisotopic (exact) mass is 624 g/mol. The van der Waals surface area contributed by atoms with Crippen molar-refractivity contribution < 1.29 is 36.5 Å². The molecule has 1 aliphatic rings. The molecule has 1 aliphatic heterocycles. The minimum absolute atomic E-state index is 0.0395. The number of carbonyl (C=O) groups is 3. The highest BCUT2D eigenvalue weighted by Gasteiger charge is 2.35. The number of amides is 3. The quantitative estimate of drug-likeness (QED) is 0.203. The van der Waals surface area contributed by atoms with Crippen molar-refractivity contribution in [2.45, 2.75) is 38.5 Å². The Kier molecular flexibility index (Phi) is 9.82. The molecule has 1 heterocycles. The molecule has 1 saturated heterocycles.